The topological polar surface area (TPSA) is 124 Å². The zero-order valence-corrected chi connectivity index (χ0v) is 24.1. The van der Waals surface area contributed by atoms with Gasteiger partial charge in [0.25, 0.3) is 10.1 Å². The molecule has 0 unspecified atom stereocenters. The van der Waals surface area contributed by atoms with E-state index in [4.69, 9.17) is 9.47 Å². The van der Waals surface area contributed by atoms with Gasteiger partial charge in [0, 0.05) is 18.3 Å². The molecule has 13 heteroatoms. The first-order valence-corrected chi connectivity index (χ1v) is 14.3. The van der Waals surface area contributed by atoms with Crippen molar-refractivity contribution >= 4 is 15.9 Å². The molecule has 0 saturated carbocycles. The summed E-state index contributed by atoms with van der Waals surface area (Å²) in [4.78, 5) is 22.6. The van der Waals surface area contributed by atoms with Crippen molar-refractivity contribution in [1.82, 2.24) is 14.5 Å². The Morgan fingerprint density at radius 2 is 1.76 bits per heavy atom. The van der Waals surface area contributed by atoms with Crippen LogP contribution < -0.4 is 20.1 Å². The summed E-state index contributed by atoms with van der Waals surface area (Å²) < 4.78 is 74.9. The van der Waals surface area contributed by atoms with Gasteiger partial charge in [0.1, 0.15) is 18.2 Å². The third-order valence-electron chi connectivity index (χ3n) is 7.01. The Balaban J connectivity index is 1.38. The number of hydrogen-bond acceptors (Lipinski definition) is 8. The van der Waals surface area contributed by atoms with Crippen LogP contribution in [0.4, 0.5) is 14.6 Å². The fourth-order valence-electron chi connectivity index (χ4n) is 4.73. The Hall–Kier alpha value is -4.36. The van der Waals surface area contributed by atoms with E-state index < -0.39 is 38.7 Å². The van der Waals surface area contributed by atoms with E-state index in [2.05, 4.69) is 9.97 Å². The maximum Gasteiger partial charge on any atom is 0.352 e. The van der Waals surface area contributed by atoms with Crippen LogP contribution in [-0.4, -0.2) is 33.0 Å². The van der Waals surface area contributed by atoms with Gasteiger partial charge in [-0.25, -0.2) is 13.6 Å². The van der Waals surface area contributed by atoms with E-state index in [1.807, 2.05) is 25.7 Å². The minimum absolute atomic E-state index is 0.0516. The average Bonchev–Trinajstić information content (AvgIpc) is 3.16. The Morgan fingerprint density at radius 1 is 1.05 bits per heavy atom. The minimum atomic E-state index is -4.41. The van der Waals surface area contributed by atoms with Crippen molar-refractivity contribution in [1.29, 1.82) is 0 Å². The van der Waals surface area contributed by atoms with E-state index in [1.54, 1.807) is 31.2 Å². The summed E-state index contributed by atoms with van der Waals surface area (Å²) in [6, 6.07) is 11.2. The highest BCUT2D eigenvalue weighted by atomic mass is 32.2. The number of pyridine rings is 1. The lowest BCUT2D eigenvalue weighted by Crippen LogP contribution is -2.41. The van der Waals surface area contributed by atoms with E-state index in [0.29, 0.717) is 17.9 Å². The number of anilines is 1. The molecule has 1 aliphatic heterocycles. The van der Waals surface area contributed by atoms with Crippen LogP contribution in [0.5, 0.6) is 17.4 Å². The molecule has 220 valence electrons. The lowest BCUT2D eigenvalue weighted by molar-refractivity contribution is 0.289. The molecular formula is C29H28F2N4O6S. The first kappa shape index (κ1) is 29.1. The van der Waals surface area contributed by atoms with Gasteiger partial charge < -0.3 is 14.4 Å². The van der Waals surface area contributed by atoms with Crippen molar-refractivity contribution in [3.05, 3.63) is 99.2 Å². The molecule has 0 bridgehead atoms. The van der Waals surface area contributed by atoms with Crippen LogP contribution >= 0.6 is 0 Å². The normalized spacial score (nSPS) is 14.1. The van der Waals surface area contributed by atoms with Gasteiger partial charge >= 0.3 is 5.69 Å². The van der Waals surface area contributed by atoms with E-state index in [1.165, 1.54) is 22.9 Å². The molecule has 0 spiro atoms. The maximum absolute atomic E-state index is 14.8. The Morgan fingerprint density at radius 3 is 2.40 bits per heavy atom. The lowest BCUT2D eigenvalue weighted by atomic mass is 10.0. The number of rotatable bonds is 8. The highest BCUT2D eigenvalue weighted by molar-refractivity contribution is 7.85. The molecule has 0 atom stereocenters. The second-order valence-electron chi connectivity index (χ2n) is 10.7. The zero-order valence-electron chi connectivity index (χ0n) is 23.3. The van der Waals surface area contributed by atoms with Gasteiger partial charge in [0.05, 0.1) is 23.2 Å². The van der Waals surface area contributed by atoms with Gasteiger partial charge in [-0.1, -0.05) is 6.07 Å². The second-order valence-corrected chi connectivity index (χ2v) is 12.1. The fourth-order valence-corrected chi connectivity index (χ4v) is 5.26. The molecule has 0 amide bonds. The SMILES string of the molecule is Cc1ccc(Oc2c(F)cc(COc3cc4n(c(=O)n3)CC(C)(C)N4Cc3cc(S(=O)(=O)O)ccc3C)cc2F)cn1. The van der Waals surface area contributed by atoms with Crippen LogP contribution in [0.3, 0.4) is 0 Å². The molecule has 1 N–H and O–H groups in total. The summed E-state index contributed by atoms with van der Waals surface area (Å²) in [6.45, 7) is 7.67. The van der Waals surface area contributed by atoms with Crippen molar-refractivity contribution in [2.45, 2.75) is 57.8 Å². The molecule has 0 radical (unpaired) electrons. The smallest absolute Gasteiger partial charge is 0.352 e. The first-order chi connectivity index (χ1) is 19.7. The van der Waals surface area contributed by atoms with Crippen molar-refractivity contribution in [2.24, 2.45) is 0 Å². The van der Waals surface area contributed by atoms with Crippen LogP contribution in [0, 0.1) is 25.5 Å². The fraction of sp³-hybridized carbons (Fsp3) is 0.276. The standard InChI is InChI=1S/C29H28F2N4O6S/c1-17-5-8-22(42(37,38)39)11-20(17)14-35-26-12-25(33-28(36)34(26)16-29(35,3)4)40-15-19-9-23(30)27(24(31)10-19)41-21-7-6-18(2)32-13-21/h5-13H,14-16H2,1-4H3,(H,37,38,39). The van der Waals surface area contributed by atoms with Gasteiger partial charge in [0.2, 0.25) is 5.88 Å². The summed E-state index contributed by atoms with van der Waals surface area (Å²) >= 11 is 0. The molecule has 3 heterocycles. The highest BCUT2D eigenvalue weighted by Gasteiger charge is 2.38. The number of aromatic nitrogens is 3. The summed E-state index contributed by atoms with van der Waals surface area (Å²) in [5, 5.41) is 0. The van der Waals surface area contributed by atoms with Crippen LogP contribution in [0.15, 0.2) is 64.4 Å². The van der Waals surface area contributed by atoms with Crippen LogP contribution in [-0.2, 0) is 29.8 Å². The van der Waals surface area contributed by atoms with Gasteiger partial charge in [-0.05, 0) is 80.8 Å². The average molecular weight is 599 g/mol. The molecule has 4 aromatic rings. The quantitative estimate of drug-likeness (QED) is 0.281. The molecular weight excluding hydrogens is 570 g/mol. The number of fused-ring (bicyclic) bond motifs is 1. The summed E-state index contributed by atoms with van der Waals surface area (Å²) in [6.07, 6.45) is 1.36. The number of hydrogen-bond donors (Lipinski definition) is 1. The first-order valence-electron chi connectivity index (χ1n) is 12.9. The van der Waals surface area contributed by atoms with Crippen LogP contribution in [0.1, 0.15) is 36.2 Å². The zero-order chi connectivity index (χ0) is 30.4. The van der Waals surface area contributed by atoms with Gasteiger partial charge in [-0.2, -0.15) is 13.4 Å². The van der Waals surface area contributed by atoms with Crippen molar-refractivity contribution < 1.29 is 31.2 Å². The predicted octanol–water partition coefficient (Wildman–Crippen LogP) is 4.95. The van der Waals surface area contributed by atoms with E-state index in [9.17, 15) is 26.5 Å². The third-order valence-corrected chi connectivity index (χ3v) is 7.86. The Kier molecular flexibility index (Phi) is 7.50. The van der Waals surface area contributed by atoms with Gasteiger partial charge in [-0.3, -0.25) is 14.1 Å². The van der Waals surface area contributed by atoms with Gasteiger partial charge in [-0.15, -0.1) is 0 Å². The van der Waals surface area contributed by atoms with E-state index in [0.717, 1.165) is 23.4 Å². The summed E-state index contributed by atoms with van der Waals surface area (Å²) in [5.41, 5.74) is 1.16. The number of aryl methyl sites for hydroxylation is 2. The molecule has 0 fully saturated rings. The van der Waals surface area contributed by atoms with Crippen molar-refractivity contribution in [3.63, 3.8) is 0 Å². The summed E-state index contributed by atoms with van der Waals surface area (Å²) in [5.74, 6) is -1.86. The number of ether oxygens (including phenoxy) is 2. The number of benzene rings is 2. The van der Waals surface area contributed by atoms with E-state index >= 15 is 0 Å². The predicted molar refractivity (Wildman–Crippen MR) is 149 cm³/mol. The molecule has 1 aliphatic rings. The molecule has 42 heavy (non-hydrogen) atoms. The second kappa shape index (κ2) is 10.8. The molecule has 10 nitrogen and oxygen atoms in total. The largest absolute Gasteiger partial charge is 0.473 e. The monoisotopic (exact) mass is 598 g/mol. The molecule has 0 aliphatic carbocycles. The molecule has 5 rings (SSSR count). The maximum atomic E-state index is 14.8. The Bertz CT molecular complexity index is 1820. The van der Waals surface area contributed by atoms with E-state index in [-0.39, 0.29) is 35.2 Å². The lowest BCUT2D eigenvalue weighted by Gasteiger charge is -2.33. The van der Waals surface area contributed by atoms with Crippen LogP contribution in [0.2, 0.25) is 0 Å². The molecule has 2 aromatic heterocycles. The Labute approximate surface area is 240 Å². The third kappa shape index (κ3) is 5.97. The number of halogens is 2. The van der Waals surface area contributed by atoms with Crippen LogP contribution in [0.25, 0.3) is 0 Å². The molecule has 0 saturated heterocycles. The minimum Gasteiger partial charge on any atom is -0.473 e. The molecule has 2 aromatic carbocycles. The number of nitrogens with zero attached hydrogens (tertiary/aromatic N) is 4. The highest BCUT2D eigenvalue weighted by Crippen LogP contribution is 2.36. The van der Waals surface area contributed by atoms with Crippen molar-refractivity contribution in [3.8, 4) is 17.4 Å². The summed E-state index contributed by atoms with van der Waals surface area (Å²) in [7, 11) is -4.41. The van der Waals surface area contributed by atoms with Gasteiger partial charge in [0.15, 0.2) is 17.4 Å². The van der Waals surface area contributed by atoms with Crippen molar-refractivity contribution in [2.75, 3.05) is 4.90 Å².